The zero-order chi connectivity index (χ0) is 13.4. The lowest BCUT2D eigenvalue weighted by Crippen LogP contribution is -1.83. The number of hydrogen-bond acceptors (Lipinski definition) is 6. The normalized spacial score (nSPS) is 19.9. The van der Waals surface area contributed by atoms with E-state index in [1.54, 1.807) is 6.33 Å². The maximum atomic E-state index is 4.11. The Morgan fingerprint density at radius 3 is 1.89 bits per heavy atom. The van der Waals surface area contributed by atoms with Gasteiger partial charge in [0.2, 0.25) is 0 Å². The van der Waals surface area contributed by atoms with Gasteiger partial charge in [0, 0.05) is 27.8 Å². The van der Waals surface area contributed by atoms with E-state index in [0.29, 0.717) is 0 Å². The molecule has 0 N–H and O–H groups in total. The summed E-state index contributed by atoms with van der Waals surface area (Å²) in [5.74, 6) is 0. The third-order valence-corrected chi connectivity index (χ3v) is 8.55. The average molecular weight is 325 g/mol. The monoisotopic (exact) mass is 324 g/mol. The van der Waals surface area contributed by atoms with Gasteiger partial charge in [0.05, 0.1) is 8.47 Å². The second kappa shape index (κ2) is 5.60. The van der Waals surface area contributed by atoms with Crippen LogP contribution in [0.4, 0.5) is 0 Å². The van der Waals surface area contributed by atoms with Gasteiger partial charge in [-0.2, -0.15) is 0 Å². The smallest absolute Gasteiger partial charge is 0.115 e. The summed E-state index contributed by atoms with van der Waals surface area (Å²) in [4.78, 5) is 13.7. The van der Waals surface area contributed by atoms with Crippen LogP contribution >= 0.6 is 47.0 Å². The molecule has 19 heavy (non-hydrogen) atoms. The molecule has 1 aromatic heterocycles. The molecular weight excluding hydrogens is 312 g/mol. The number of hydrogen-bond donors (Lipinski definition) is 0. The van der Waals surface area contributed by atoms with Crippen molar-refractivity contribution >= 4 is 52.0 Å². The molecule has 98 valence electrons. The molecule has 3 heterocycles. The van der Waals surface area contributed by atoms with Gasteiger partial charge in [-0.3, -0.25) is 0 Å². The molecule has 2 aliphatic heterocycles. The van der Waals surface area contributed by atoms with Crippen LogP contribution in [0.1, 0.15) is 26.3 Å². The summed E-state index contributed by atoms with van der Waals surface area (Å²) in [6, 6.07) is 0. The first-order chi connectivity index (χ1) is 9.15. The summed E-state index contributed by atoms with van der Waals surface area (Å²) in [6.45, 7) is 6.55. The van der Waals surface area contributed by atoms with Crippen LogP contribution in [-0.4, -0.2) is 9.97 Å². The number of aromatic nitrogens is 2. The van der Waals surface area contributed by atoms with Crippen molar-refractivity contribution in [2.45, 2.75) is 20.8 Å². The SMILES string of the molecule is CC1=C(C)SC(=C2SC(C)=C(c3cncnc3)S2)S1. The third-order valence-electron chi connectivity index (χ3n) is 2.74. The van der Waals surface area contributed by atoms with E-state index < -0.39 is 0 Å². The molecule has 0 amide bonds. The molecular formula is C13H12N2S4. The highest BCUT2D eigenvalue weighted by Crippen LogP contribution is 2.61. The third kappa shape index (κ3) is 2.77. The summed E-state index contributed by atoms with van der Waals surface area (Å²) in [6.07, 6.45) is 5.35. The predicted octanol–water partition coefficient (Wildman–Crippen LogP) is 5.50. The van der Waals surface area contributed by atoms with Gasteiger partial charge in [-0.25, -0.2) is 9.97 Å². The minimum atomic E-state index is 1.11. The van der Waals surface area contributed by atoms with E-state index in [2.05, 4.69) is 30.7 Å². The fourth-order valence-electron chi connectivity index (χ4n) is 1.66. The Labute approximate surface area is 130 Å². The molecule has 0 radical (unpaired) electrons. The lowest BCUT2D eigenvalue weighted by Gasteiger charge is -2.02. The van der Waals surface area contributed by atoms with Crippen LogP contribution in [0, 0.1) is 0 Å². The van der Waals surface area contributed by atoms with E-state index in [9.17, 15) is 0 Å². The largest absolute Gasteiger partial charge is 0.244 e. The molecule has 0 spiro atoms. The van der Waals surface area contributed by atoms with Gasteiger partial charge < -0.3 is 0 Å². The Bertz CT molecular complexity index is 601. The molecule has 0 saturated heterocycles. The van der Waals surface area contributed by atoms with E-state index in [1.807, 2.05) is 59.4 Å². The van der Waals surface area contributed by atoms with Gasteiger partial charge in [-0.15, -0.1) is 0 Å². The minimum Gasteiger partial charge on any atom is -0.244 e. The molecule has 1 aromatic rings. The molecule has 0 aromatic carbocycles. The van der Waals surface area contributed by atoms with E-state index in [0.717, 1.165) is 5.56 Å². The van der Waals surface area contributed by atoms with Crippen molar-refractivity contribution in [1.82, 2.24) is 9.97 Å². The quantitative estimate of drug-likeness (QED) is 0.676. The Morgan fingerprint density at radius 2 is 1.26 bits per heavy atom. The highest BCUT2D eigenvalue weighted by molar-refractivity contribution is 8.35. The standard InChI is InChI=1S/C13H12N2S4/c1-7-8(2)17-12(16-7)13-18-9(3)11(19-13)10-4-14-6-15-5-10/h4-6H,1-3H3. The number of nitrogens with zero attached hydrogens (tertiary/aromatic N) is 2. The first-order valence-corrected chi connectivity index (χ1v) is 9.01. The van der Waals surface area contributed by atoms with Gasteiger partial charge in [-0.05, 0) is 30.6 Å². The minimum absolute atomic E-state index is 1.11. The Kier molecular flexibility index (Phi) is 4.03. The van der Waals surface area contributed by atoms with E-state index in [1.165, 1.54) is 28.1 Å². The number of thioether (sulfide) groups is 4. The van der Waals surface area contributed by atoms with Crippen molar-refractivity contribution in [2.75, 3.05) is 0 Å². The molecule has 2 aliphatic rings. The number of allylic oxidation sites excluding steroid dienone is 3. The zero-order valence-electron chi connectivity index (χ0n) is 10.8. The highest BCUT2D eigenvalue weighted by atomic mass is 32.2. The van der Waals surface area contributed by atoms with Crippen molar-refractivity contribution in [1.29, 1.82) is 0 Å². The van der Waals surface area contributed by atoms with Crippen molar-refractivity contribution < 1.29 is 0 Å². The van der Waals surface area contributed by atoms with Crippen molar-refractivity contribution in [3.8, 4) is 0 Å². The van der Waals surface area contributed by atoms with Crippen molar-refractivity contribution in [3.63, 3.8) is 0 Å². The fraction of sp³-hybridized carbons (Fsp3) is 0.231. The molecule has 0 bridgehead atoms. The van der Waals surface area contributed by atoms with Crippen molar-refractivity contribution in [2.24, 2.45) is 0 Å². The Morgan fingerprint density at radius 1 is 0.737 bits per heavy atom. The summed E-state index contributed by atoms with van der Waals surface area (Å²) in [7, 11) is 0. The van der Waals surface area contributed by atoms with Crippen LogP contribution < -0.4 is 0 Å². The highest BCUT2D eigenvalue weighted by Gasteiger charge is 2.26. The van der Waals surface area contributed by atoms with E-state index in [4.69, 9.17) is 0 Å². The van der Waals surface area contributed by atoms with Crippen molar-refractivity contribution in [3.05, 3.63) is 47.5 Å². The second-order valence-electron chi connectivity index (χ2n) is 4.11. The Hall–Kier alpha value is -0.300. The lowest BCUT2D eigenvalue weighted by atomic mass is 10.3. The molecule has 0 unspecified atom stereocenters. The number of rotatable bonds is 1. The van der Waals surface area contributed by atoms with Gasteiger partial charge >= 0.3 is 0 Å². The molecule has 0 saturated carbocycles. The molecule has 3 rings (SSSR count). The van der Waals surface area contributed by atoms with Gasteiger partial charge in [0.25, 0.3) is 0 Å². The van der Waals surface area contributed by atoms with Crippen LogP contribution in [0.5, 0.6) is 0 Å². The fourth-order valence-corrected chi connectivity index (χ4v) is 7.08. The van der Waals surface area contributed by atoms with E-state index in [-0.39, 0.29) is 0 Å². The summed E-state index contributed by atoms with van der Waals surface area (Å²) >= 11 is 7.50. The van der Waals surface area contributed by atoms with E-state index >= 15 is 0 Å². The summed E-state index contributed by atoms with van der Waals surface area (Å²) in [5, 5.41) is 0. The van der Waals surface area contributed by atoms with Crippen LogP contribution in [0.3, 0.4) is 0 Å². The van der Waals surface area contributed by atoms with Gasteiger partial charge in [0.15, 0.2) is 0 Å². The second-order valence-corrected chi connectivity index (χ2v) is 9.32. The van der Waals surface area contributed by atoms with Gasteiger partial charge in [-0.1, -0.05) is 47.0 Å². The first kappa shape index (κ1) is 13.7. The van der Waals surface area contributed by atoms with Crippen LogP contribution in [-0.2, 0) is 0 Å². The molecule has 0 fully saturated rings. The molecule has 6 heteroatoms. The predicted molar refractivity (Wildman–Crippen MR) is 90.4 cm³/mol. The Balaban J connectivity index is 1.86. The van der Waals surface area contributed by atoms with Crippen LogP contribution in [0.15, 0.2) is 41.9 Å². The summed E-state index contributed by atoms with van der Waals surface area (Å²) in [5.41, 5.74) is 1.11. The zero-order valence-corrected chi connectivity index (χ0v) is 14.0. The van der Waals surface area contributed by atoms with Gasteiger partial charge in [0.1, 0.15) is 6.33 Å². The maximum absolute atomic E-state index is 4.11. The molecule has 0 atom stereocenters. The maximum Gasteiger partial charge on any atom is 0.115 e. The molecule has 0 aliphatic carbocycles. The average Bonchev–Trinajstić information content (AvgIpc) is 2.95. The summed E-state index contributed by atoms with van der Waals surface area (Å²) < 4.78 is 2.80. The lowest BCUT2D eigenvalue weighted by molar-refractivity contribution is 1.16. The van der Waals surface area contributed by atoms with Crippen LogP contribution in [0.25, 0.3) is 4.91 Å². The molecule has 2 nitrogen and oxygen atoms in total. The first-order valence-electron chi connectivity index (χ1n) is 5.74. The van der Waals surface area contributed by atoms with Crippen LogP contribution in [0.2, 0.25) is 0 Å². The topological polar surface area (TPSA) is 25.8 Å².